The normalized spacial score (nSPS) is 18.8. The molecule has 2 saturated carbocycles. The van der Waals surface area contributed by atoms with Crippen LogP contribution in [0, 0.1) is 5.92 Å². The summed E-state index contributed by atoms with van der Waals surface area (Å²) in [7, 11) is 0. The molecule has 2 aliphatic carbocycles. The van der Waals surface area contributed by atoms with Crippen LogP contribution in [0.15, 0.2) is 24.5 Å². The minimum absolute atomic E-state index is 0.198. The molecule has 2 fully saturated rings. The first-order valence-corrected chi connectivity index (χ1v) is 9.21. The number of aromatic nitrogens is 3. The number of rotatable bonds is 4. The molecular weight excluding hydrogens is 308 g/mol. The quantitative estimate of drug-likeness (QED) is 0.859. The van der Waals surface area contributed by atoms with Gasteiger partial charge in [0.05, 0.1) is 0 Å². The first-order valence-electron chi connectivity index (χ1n) is 8.40. The van der Waals surface area contributed by atoms with Crippen LogP contribution in [0.4, 0.5) is 5.13 Å². The summed E-state index contributed by atoms with van der Waals surface area (Å²) < 4.78 is 0. The first kappa shape index (κ1) is 14.8. The second-order valence-electron chi connectivity index (χ2n) is 6.40. The average molecular weight is 328 g/mol. The van der Waals surface area contributed by atoms with Crippen LogP contribution in [0.2, 0.25) is 0 Å². The third-order valence-electron chi connectivity index (χ3n) is 4.93. The van der Waals surface area contributed by atoms with Crippen LogP contribution < -0.4 is 4.90 Å². The molecule has 6 heteroatoms. The molecule has 2 heterocycles. The molecule has 1 amide bonds. The van der Waals surface area contributed by atoms with E-state index in [0.29, 0.717) is 6.04 Å². The lowest BCUT2D eigenvalue weighted by atomic mass is 9.84. The zero-order valence-corrected chi connectivity index (χ0v) is 13.8. The van der Waals surface area contributed by atoms with E-state index >= 15 is 0 Å². The maximum atomic E-state index is 12.9. The fraction of sp³-hybridized carbons (Fsp3) is 0.529. The van der Waals surface area contributed by atoms with E-state index in [0.717, 1.165) is 41.4 Å². The maximum absolute atomic E-state index is 12.9. The predicted molar refractivity (Wildman–Crippen MR) is 90.2 cm³/mol. The van der Waals surface area contributed by atoms with Gasteiger partial charge in [-0.1, -0.05) is 30.6 Å². The van der Waals surface area contributed by atoms with Crippen molar-refractivity contribution in [3.05, 3.63) is 24.5 Å². The predicted octanol–water partition coefficient (Wildman–Crippen LogP) is 3.68. The van der Waals surface area contributed by atoms with Gasteiger partial charge in [0.1, 0.15) is 5.01 Å². The smallest absolute Gasteiger partial charge is 0.232 e. The van der Waals surface area contributed by atoms with Crippen molar-refractivity contribution in [2.24, 2.45) is 5.92 Å². The van der Waals surface area contributed by atoms with Crippen molar-refractivity contribution >= 4 is 22.4 Å². The van der Waals surface area contributed by atoms with Crippen molar-refractivity contribution in [3.63, 3.8) is 0 Å². The second kappa shape index (κ2) is 6.35. The largest absolute Gasteiger partial charge is 0.283 e. The summed E-state index contributed by atoms with van der Waals surface area (Å²) in [6.07, 6.45) is 11.3. The molecule has 2 aromatic heterocycles. The van der Waals surface area contributed by atoms with Crippen LogP contribution >= 0.6 is 11.3 Å². The van der Waals surface area contributed by atoms with Crippen LogP contribution in [0.25, 0.3) is 10.6 Å². The summed E-state index contributed by atoms with van der Waals surface area (Å²) in [6, 6.07) is 4.16. The molecule has 0 unspecified atom stereocenters. The van der Waals surface area contributed by atoms with E-state index in [4.69, 9.17) is 0 Å². The lowest BCUT2D eigenvalue weighted by Crippen LogP contribution is -2.44. The number of hydrogen-bond donors (Lipinski definition) is 0. The highest BCUT2D eigenvalue weighted by molar-refractivity contribution is 7.18. The number of nitrogens with zero attached hydrogens (tertiary/aromatic N) is 4. The zero-order chi connectivity index (χ0) is 15.6. The Bertz CT molecular complexity index is 677. The van der Waals surface area contributed by atoms with Crippen molar-refractivity contribution < 1.29 is 4.79 Å². The molecule has 0 spiro atoms. The lowest BCUT2D eigenvalue weighted by Gasteiger charge is -2.33. The van der Waals surface area contributed by atoms with E-state index in [2.05, 4.69) is 15.2 Å². The minimum Gasteiger partial charge on any atom is -0.283 e. The SMILES string of the molecule is O=C(C1CCC1)N(c1nnc(-c2ccncc2)s1)C1CCCC1. The zero-order valence-electron chi connectivity index (χ0n) is 13.0. The summed E-state index contributed by atoms with van der Waals surface area (Å²) >= 11 is 1.52. The lowest BCUT2D eigenvalue weighted by molar-refractivity contribution is -0.125. The third-order valence-corrected chi connectivity index (χ3v) is 5.90. The van der Waals surface area contributed by atoms with Gasteiger partial charge < -0.3 is 0 Å². The van der Waals surface area contributed by atoms with Gasteiger partial charge in [0.25, 0.3) is 0 Å². The molecule has 0 saturated heterocycles. The Morgan fingerprint density at radius 3 is 2.43 bits per heavy atom. The monoisotopic (exact) mass is 328 g/mol. The fourth-order valence-electron chi connectivity index (χ4n) is 3.37. The van der Waals surface area contributed by atoms with Crippen molar-refractivity contribution in [1.82, 2.24) is 15.2 Å². The molecule has 0 aliphatic heterocycles. The fourth-order valence-corrected chi connectivity index (χ4v) is 4.30. The van der Waals surface area contributed by atoms with Gasteiger partial charge >= 0.3 is 0 Å². The average Bonchev–Trinajstić information content (AvgIpc) is 3.19. The van der Waals surface area contributed by atoms with Gasteiger partial charge in [0.15, 0.2) is 0 Å². The molecule has 2 aliphatic rings. The summed E-state index contributed by atoms with van der Waals surface area (Å²) in [4.78, 5) is 18.9. The van der Waals surface area contributed by atoms with Crippen molar-refractivity contribution in [2.75, 3.05) is 4.90 Å². The number of amides is 1. The van der Waals surface area contributed by atoms with Gasteiger partial charge in [-0.25, -0.2) is 0 Å². The standard InChI is InChI=1S/C17H20N4OS/c22-16(13-4-3-5-13)21(14-6-1-2-7-14)17-20-19-15(23-17)12-8-10-18-11-9-12/h8-11,13-14H,1-7H2. The molecule has 5 nitrogen and oxygen atoms in total. The van der Waals surface area contributed by atoms with Gasteiger partial charge in [0, 0.05) is 29.9 Å². The van der Waals surface area contributed by atoms with Crippen molar-refractivity contribution in [3.8, 4) is 10.6 Å². The Labute approximate surface area is 139 Å². The van der Waals surface area contributed by atoms with Crippen LogP contribution in [0.1, 0.15) is 44.9 Å². The Hall–Kier alpha value is -1.82. The molecule has 4 rings (SSSR count). The molecule has 0 aromatic carbocycles. The highest BCUT2D eigenvalue weighted by Crippen LogP contribution is 2.37. The Morgan fingerprint density at radius 2 is 1.78 bits per heavy atom. The number of pyridine rings is 1. The van der Waals surface area contributed by atoms with E-state index in [-0.39, 0.29) is 11.8 Å². The highest BCUT2D eigenvalue weighted by atomic mass is 32.1. The van der Waals surface area contributed by atoms with Gasteiger partial charge in [-0.15, -0.1) is 10.2 Å². The number of carbonyl (C=O) groups excluding carboxylic acids is 1. The first-order chi connectivity index (χ1) is 11.3. The van der Waals surface area contributed by atoms with E-state index in [9.17, 15) is 4.79 Å². The Balaban J connectivity index is 1.63. The van der Waals surface area contributed by atoms with E-state index in [1.54, 1.807) is 12.4 Å². The van der Waals surface area contributed by atoms with Crippen LogP contribution in [0.5, 0.6) is 0 Å². The highest BCUT2D eigenvalue weighted by Gasteiger charge is 2.36. The van der Waals surface area contributed by atoms with Crippen molar-refractivity contribution in [2.45, 2.75) is 51.0 Å². The van der Waals surface area contributed by atoms with Gasteiger partial charge in [-0.2, -0.15) is 0 Å². The van der Waals surface area contributed by atoms with Gasteiger partial charge in [-0.3, -0.25) is 14.7 Å². The summed E-state index contributed by atoms with van der Waals surface area (Å²) in [5, 5.41) is 10.3. The Morgan fingerprint density at radius 1 is 1.04 bits per heavy atom. The molecule has 120 valence electrons. The number of carbonyl (C=O) groups is 1. The number of anilines is 1. The van der Waals surface area contributed by atoms with Crippen LogP contribution in [-0.2, 0) is 4.79 Å². The summed E-state index contributed by atoms with van der Waals surface area (Å²) in [5.74, 6) is 0.462. The molecule has 0 N–H and O–H groups in total. The number of hydrogen-bond acceptors (Lipinski definition) is 5. The third kappa shape index (κ3) is 2.87. The van der Waals surface area contributed by atoms with E-state index in [1.807, 2.05) is 17.0 Å². The maximum Gasteiger partial charge on any atom is 0.232 e. The molecule has 0 radical (unpaired) electrons. The van der Waals surface area contributed by atoms with Crippen LogP contribution in [0.3, 0.4) is 0 Å². The molecule has 0 atom stereocenters. The molecule has 0 bridgehead atoms. The van der Waals surface area contributed by atoms with E-state index in [1.165, 1.54) is 30.6 Å². The van der Waals surface area contributed by atoms with Crippen LogP contribution in [-0.4, -0.2) is 27.1 Å². The molecule has 2 aromatic rings. The minimum atomic E-state index is 0.198. The van der Waals surface area contributed by atoms with Crippen molar-refractivity contribution in [1.29, 1.82) is 0 Å². The molecule has 23 heavy (non-hydrogen) atoms. The molecular formula is C17H20N4OS. The van der Waals surface area contributed by atoms with Gasteiger partial charge in [0.2, 0.25) is 11.0 Å². The summed E-state index contributed by atoms with van der Waals surface area (Å²) in [6.45, 7) is 0. The summed E-state index contributed by atoms with van der Waals surface area (Å²) in [5.41, 5.74) is 1.01. The Kier molecular flexibility index (Phi) is 4.08. The van der Waals surface area contributed by atoms with E-state index < -0.39 is 0 Å². The topological polar surface area (TPSA) is 59.0 Å². The van der Waals surface area contributed by atoms with Gasteiger partial charge in [-0.05, 0) is 37.8 Å². The second-order valence-corrected chi connectivity index (χ2v) is 7.36.